The molecule has 0 radical (unpaired) electrons. The van der Waals surface area contributed by atoms with E-state index in [1.165, 1.54) is 12.3 Å². The van der Waals surface area contributed by atoms with Crippen molar-refractivity contribution in [1.29, 1.82) is 0 Å². The van der Waals surface area contributed by atoms with Gasteiger partial charge in [0.2, 0.25) is 0 Å². The van der Waals surface area contributed by atoms with Crippen LogP contribution in [-0.4, -0.2) is 24.9 Å². The number of nitrogens with one attached hydrogen (secondary N) is 1. The van der Waals surface area contributed by atoms with Crippen molar-refractivity contribution in [2.75, 3.05) is 6.26 Å². The predicted molar refractivity (Wildman–Crippen MR) is 80.7 cm³/mol. The SMILES string of the molecule is CS(=O)(=O)c1ccc(Oc2cccc(Cl)c2)c2cn[nH]c12. The maximum atomic E-state index is 11.8. The minimum atomic E-state index is -3.34. The van der Waals surface area contributed by atoms with Crippen LogP contribution in [-0.2, 0) is 9.84 Å². The first-order valence-corrected chi connectivity index (χ1v) is 8.31. The summed E-state index contributed by atoms with van der Waals surface area (Å²) in [5, 5.41) is 7.75. The van der Waals surface area contributed by atoms with Crippen LogP contribution >= 0.6 is 11.6 Å². The number of fused-ring (bicyclic) bond motifs is 1. The van der Waals surface area contributed by atoms with E-state index in [9.17, 15) is 8.42 Å². The molecule has 0 saturated carbocycles. The van der Waals surface area contributed by atoms with Gasteiger partial charge in [0.05, 0.1) is 22.0 Å². The molecule has 1 N–H and O–H groups in total. The number of halogens is 1. The number of sulfone groups is 1. The maximum Gasteiger partial charge on any atom is 0.177 e. The molecule has 0 saturated heterocycles. The number of aromatic amines is 1. The zero-order chi connectivity index (χ0) is 15.0. The van der Waals surface area contributed by atoms with E-state index in [1.807, 2.05) is 0 Å². The van der Waals surface area contributed by atoms with Gasteiger partial charge in [0.1, 0.15) is 11.5 Å². The molecule has 0 unspecified atom stereocenters. The van der Waals surface area contributed by atoms with Crippen LogP contribution in [0.2, 0.25) is 5.02 Å². The summed E-state index contributed by atoms with van der Waals surface area (Å²) in [4.78, 5) is 0.188. The van der Waals surface area contributed by atoms with Crippen molar-refractivity contribution in [3.05, 3.63) is 47.6 Å². The van der Waals surface area contributed by atoms with Crippen LogP contribution in [0.1, 0.15) is 0 Å². The smallest absolute Gasteiger partial charge is 0.177 e. The first kappa shape index (κ1) is 13.9. The number of hydrogen-bond donors (Lipinski definition) is 1. The number of benzene rings is 2. The van der Waals surface area contributed by atoms with E-state index >= 15 is 0 Å². The van der Waals surface area contributed by atoms with Gasteiger partial charge in [0.25, 0.3) is 0 Å². The number of ether oxygens (including phenoxy) is 1. The monoisotopic (exact) mass is 322 g/mol. The van der Waals surface area contributed by atoms with Gasteiger partial charge in [-0.15, -0.1) is 0 Å². The normalized spacial score (nSPS) is 11.7. The highest BCUT2D eigenvalue weighted by atomic mass is 35.5. The van der Waals surface area contributed by atoms with Gasteiger partial charge in [-0.1, -0.05) is 17.7 Å². The Bertz CT molecular complexity index is 919. The van der Waals surface area contributed by atoms with E-state index in [1.54, 1.807) is 30.3 Å². The van der Waals surface area contributed by atoms with E-state index in [0.717, 1.165) is 6.26 Å². The van der Waals surface area contributed by atoms with Crippen LogP contribution in [0.3, 0.4) is 0 Å². The predicted octanol–water partition coefficient (Wildman–Crippen LogP) is 3.41. The first-order valence-electron chi connectivity index (χ1n) is 6.05. The summed E-state index contributed by atoms with van der Waals surface area (Å²) in [6.07, 6.45) is 2.68. The molecule has 3 rings (SSSR count). The second kappa shape index (κ2) is 5.05. The van der Waals surface area contributed by atoms with Crippen molar-refractivity contribution in [2.45, 2.75) is 4.90 Å². The Labute approximate surface area is 126 Å². The molecule has 0 amide bonds. The summed E-state index contributed by atoms with van der Waals surface area (Å²) in [5.74, 6) is 1.07. The van der Waals surface area contributed by atoms with Gasteiger partial charge in [-0.25, -0.2) is 8.42 Å². The number of aromatic nitrogens is 2. The molecule has 108 valence electrons. The fourth-order valence-electron chi connectivity index (χ4n) is 2.04. The molecule has 7 heteroatoms. The van der Waals surface area contributed by atoms with E-state index in [0.29, 0.717) is 27.4 Å². The van der Waals surface area contributed by atoms with Crippen LogP contribution in [0.5, 0.6) is 11.5 Å². The molecule has 0 aliphatic heterocycles. The minimum absolute atomic E-state index is 0.188. The third-order valence-electron chi connectivity index (χ3n) is 2.96. The van der Waals surface area contributed by atoms with E-state index in [4.69, 9.17) is 16.3 Å². The molecule has 0 spiro atoms. The lowest BCUT2D eigenvalue weighted by molar-refractivity contribution is 0.488. The molecule has 0 atom stereocenters. The minimum Gasteiger partial charge on any atom is -0.457 e. The molecule has 0 aliphatic carbocycles. The Hall–Kier alpha value is -2.05. The quantitative estimate of drug-likeness (QED) is 0.802. The number of hydrogen-bond acceptors (Lipinski definition) is 4. The fraction of sp³-hybridized carbons (Fsp3) is 0.0714. The summed E-state index contributed by atoms with van der Waals surface area (Å²) in [7, 11) is -3.34. The molecule has 0 fully saturated rings. The van der Waals surface area contributed by atoms with Crippen LogP contribution in [0.15, 0.2) is 47.5 Å². The molecule has 2 aromatic carbocycles. The second-order valence-corrected chi connectivity index (χ2v) is 6.97. The molecule has 5 nitrogen and oxygen atoms in total. The van der Waals surface area contributed by atoms with Gasteiger partial charge in [-0.05, 0) is 30.3 Å². The summed E-state index contributed by atoms with van der Waals surface area (Å²) in [6, 6.07) is 10.1. The zero-order valence-corrected chi connectivity index (χ0v) is 12.6. The number of H-pyrrole nitrogens is 1. The lowest BCUT2D eigenvalue weighted by Crippen LogP contribution is -1.98. The molecule has 21 heavy (non-hydrogen) atoms. The number of rotatable bonds is 3. The first-order chi connectivity index (χ1) is 9.95. The average Bonchev–Trinajstić information content (AvgIpc) is 2.87. The third-order valence-corrected chi connectivity index (χ3v) is 4.33. The van der Waals surface area contributed by atoms with Gasteiger partial charge < -0.3 is 4.74 Å². The van der Waals surface area contributed by atoms with Crippen LogP contribution in [0.4, 0.5) is 0 Å². The van der Waals surface area contributed by atoms with Gasteiger partial charge >= 0.3 is 0 Å². The summed E-state index contributed by atoms with van der Waals surface area (Å²) in [6.45, 7) is 0. The molecule has 3 aromatic rings. The lowest BCUT2D eigenvalue weighted by atomic mass is 10.2. The maximum absolute atomic E-state index is 11.8. The number of nitrogens with zero attached hydrogens (tertiary/aromatic N) is 1. The molecule has 0 bridgehead atoms. The standard InChI is InChI=1S/C14H11ClN2O3S/c1-21(18,19)13-6-5-12(11-8-16-17-14(11)13)20-10-4-2-3-9(15)7-10/h2-8H,1H3,(H,16,17). The highest BCUT2D eigenvalue weighted by Gasteiger charge is 2.16. The Morgan fingerprint density at radius 1 is 1.24 bits per heavy atom. The zero-order valence-electron chi connectivity index (χ0n) is 11.0. The molecule has 1 heterocycles. The highest BCUT2D eigenvalue weighted by Crippen LogP contribution is 2.33. The summed E-state index contributed by atoms with van der Waals surface area (Å²) in [5.41, 5.74) is 0.428. The molecular weight excluding hydrogens is 312 g/mol. The third kappa shape index (κ3) is 2.72. The van der Waals surface area contributed by atoms with Crippen LogP contribution < -0.4 is 4.74 Å². The Kier molecular flexibility index (Phi) is 3.35. The van der Waals surface area contributed by atoms with Crippen molar-refractivity contribution < 1.29 is 13.2 Å². The Morgan fingerprint density at radius 3 is 2.76 bits per heavy atom. The van der Waals surface area contributed by atoms with Crippen molar-refractivity contribution in [1.82, 2.24) is 10.2 Å². The lowest BCUT2D eigenvalue weighted by Gasteiger charge is -2.08. The van der Waals surface area contributed by atoms with Gasteiger partial charge in [-0.3, -0.25) is 5.10 Å². The van der Waals surface area contributed by atoms with E-state index < -0.39 is 9.84 Å². The van der Waals surface area contributed by atoms with Crippen molar-refractivity contribution in [2.24, 2.45) is 0 Å². The fourth-order valence-corrected chi connectivity index (χ4v) is 3.06. The van der Waals surface area contributed by atoms with Crippen LogP contribution in [0.25, 0.3) is 10.9 Å². The van der Waals surface area contributed by atoms with Gasteiger partial charge in [-0.2, -0.15) is 5.10 Å². The van der Waals surface area contributed by atoms with Crippen LogP contribution in [0, 0.1) is 0 Å². The van der Waals surface area contributed by atoms with Crippen molar-refractivity contribution in [3.63, 3.8) is 0 Å². The van der Waals surface area contributed by atoms with Crippen molar-refractivity contribution >= 4 is 32.3 Å². The molecular formula is C14H11ClN2O3S. The Morgan fingerprint density at radius 2 is 2.05 bits per heavy atom. The second-order valence-electron chi connectivity index (χ2n) is 4.55. The average molecular weight is 323 g/mol. The van der Waals surface area contributed by atoms with Crippen molar-refractivity contribution in [3.8, 4) is 11.5 Å². The van der Waals surface area contributed by atoms with E-state index in [2.05, 4.69) is 10.2 Å². The summed E-state index contributed by atoms with van der Waals surface area (Å²) < 4.78 is 29.3. The van der Waals surface area contributed by atoms with E-state index in [-0.39, 0.29) is 4.90 Å². The Balaban J connectivity index is 2.11. The topological polar surface area (TPSA) is 72.1 Å². The van der Waals surface area contributed by atoms with Gasteiger partial charge in [0.15, 0.2) is 9.84 Å². The van der Waals surface area contributed by atoms with Gasteiger partial charge in [0, 0.05) is 11.3 Å². The largest absolute Gasteiger partial charge is 0.457 e. The summed E-state index contributed by atoms with van der Waals surface area (Å²) >= 11 is 5.92. The highest BCUT2D eigenvalue weighted by molar-refractivity contribution is 7.91. The molecule has 1 aromatic heterocycles. The molecule has 0 aliphatic rings.